The minimum atomic E-state index is -0.818. The Morgan fingerprint density at radius 1 is 0.914 bits per heavy atom. The van der Waals surface area contributed by atoms with Gasteiger partial charge in [0.1, 0.15) is 0 Å². The maximum atomic E-state index is 11.0. The van der Waals surface area contributed by atoms with Crippen LogP contribution in [0, 0.1) is 25.7 Å². The number of rotatable bonds is 2. The largest absolute Gasteiger partial charge is 0.504 e. The van der Waals surface area contributed by atoms with Crippen molar-refractivity contribution in [2.24, 2.45) is 11.8 Å². The molecule has 2 aliphatic heterocycles. The summed E-state index contributed by atoms with van der Waals surface area (Å²) in [6.45, 7) is 4.20. The second-order valence-corrected chi connectivity index (χ2v) is 10.7. The number of phenolic OH excluding ortho intramolecular Hbond substituents is 2. The lowest BCUT2D eigenvalue weighted by Crippen LogP contribution is -2.73. The lowest BCUT2D eigenvalue weighted by atomic mass is 9.60. The van der Waals surface area contributed by atoms with E-state index in [1.54, 1.807) is 6.07 Å². The highest BCUT2D eigenvalue weighted by Crippen LogP contribution is 2.60. The molecule has 2 fully saturated rings. The van der Waals surface area contributed by atoms with Crippen molar-refractivity contribution < 1.29 is 14.9 Å². The summed E-state index contributed by atoms with van der Waals surface area (Å²) in [4.78, 5) is 0. The quantitative estimate of drug-likeness (QED) is 0.280. The monoisotopic (exact) mass is 486 g/mol. The van der Waals surface area contributed by atoms with Crippen LogP contribution >= 0.6 is 12.2 Å². The van der Waals surface area contributed by atoms with Gasteiger partial charge in [0.2, 0.25) is 5.75 Å². The molecule has 1 aliphatic carbocycles. The van der Waals surface area contributed by atoms with Gasteiger partial charge in [-0.1, -0.05) is 72.1 Å². The molecule has 0 aromatic heterocycles. The van der Waals surface area contributed by atoms with Gasteiger partial charge in [-0.05, 0) is 56.1 Å². The molecule has 3 aromatic carbocycles. The van der Waals surface area contributed by atoms with E-state index in [4.69, 9.17) is 17.0 Å². The number of thiocarbonyl (C=S) groups is 1. The van der Waals surface area contributed by atoms with Crippen molar-refractivity contribution in [1.82, 2.24) is 10.6 Å². The molecule has 0 unspecified atom stereocenters. The molecule has 35 heavy (non-hydrogen) atoms. The predicted octanol–water partition coefficient (Wildman–Crippen LogP) is 5.57. The second-order valence-electron chi connectivity index (χ2n) is 10.3. The fourth-order valence-corrected chi connectivity index (χ4v) is 6.96. The zero-order valence-electron chi connectivity index (χ0n) is 19.9. The Hall–Kier alpha value is -3.25. The molecule has 0 bridgehead atoms. The van der Waals surface area contributed by atoms with Gasteiger partial charge in [-0.3, -0.25) is 0 Å². The van der Waals surface area contributed by atoms with Crippen LogP contribution in [0.15, 0.2) is 60.7 Å². The molecule has 1 saturated carbocycles. The van der Waals surface area contributed by atoms with E-state index in [9.17, 15) is 10.2 Å². The lowest BCUT2D eigenvalue weighted by Gasteiger charge is -2.59. The molecular formula is C29H30N2O3S. The molecule has 0 amide bonds. The molecule has 0 radical (unpaired) electrons. The van der Waals surface area contributed by atoms with Crippen LogP contribution in [0.2, 0.25) is 0 Å². The Balaban J connectivity index is 1.57. The van der Waals surface area contributed by atoms with E-state index >= 15 is 0 Å². The smallest absolute Gasteiger partial charge is 0.200 e. The van der Waals surface area contributed by atoms with Crippen molar-refractivity contribution >= 4 is 17.3 Å². The van der Waals surface area contributed by atoms with E-state index in [0.717, 1.165) is 24.8 Å². The summed E-state index contributed by atoms with van der Waals surface area (Å²) in [5, 5.41) is 29.0. The van der Waals surface area contributed by atoms with Crippen LogP contribution in [0.1, 0.15) is 59.0 Å². The van der Waals surface area contributed by atoms with Crippen molar-refractivity contribution in [1.29, 1.82) is 0 Å². The highest BCUT2D eigenvalue weighted by atomic mass is 32.1. The van der Waals surface area contributed by atoms with Crippen LogP contribution in [-0.4, -0.2) is 21.1 Å². The van der Waals surface area contributed by atoms with Crippen molar-refractivity contribution in [3.05, 3.63) is 88.5 Å². The van der Waals surface area contributed by atoms with Gasteiger partial charge in [0, 0.05) is 23.3 Å². The van der Waals surface area contributed by atoms with Crippen molar-refractivity contribution in [2.45, 2.75) is 50.8 Å². The van der Waals surface area contributed by atoms with Gasteiger partial charge in [-0.25, -0.2) is 0 Å². The average molecular weight is 487 g/mol. The topological polar surface area (TPSA) is 73.8 Å². The number of phenols is 2. The zero-order valence-corrected chi connectivity index (χ0v) is 20.7. The third kappa shape index (κ3) is 3.46. The van der Waals surface area contributed by atoms with Crippen LogP contribution in [0.4, 0.5) is 0 Å². The Kier molecular flexibility index (Phi) is 5.18. The molecule has 5 nitrogen and oxygen atoms in total. The minimum Gasteiger partial charge on any atom is -0.504 e. The Labute approximate surface area is 211 Å². The molecule has 3 aromatic rings. The summed E-state index contributed by atoms with van der Waals surface area (Å²) in [5.74, 6) is 0.0968. The Morgan fingerprint density at radius 3 is 2.34 bits per heavy atom. The summed E-state index contributed by atoms with van der Waals surface area (Å²) in [5.41, 5.74) is 4.84. The van der Waals surface area contributed by atoms with Gasteiger partial charge < -0.3 is 25.6 Å². The highest BCUT2D eigenvalue weighted by Gasteiger charge is 2.61. The van der Waals surface area contributed by atoms with Crippen LogP contribution in [-0.2, 0) is 0 Å². The van der Waals surface area contributed by atoms with E-state index < -0.39 is 5.72 Å². The van der Waals surface area contributed by atoms with E-state index in [1.165, 1.54) is 22.3 Å². The Bertz CT molecular complexity index is 1330. The molecule has 1 spiro atoms. The number of hydrogen-bond donors (Lipinski definition) is 4. The lowest BCUT2D eigenvalue weighted by molar-refractivity contribution is -0.122. The summed E-state index contributed by atoms with van der Waals surface area (Å²) in [6.07, 6.45) is 2.99. The molecular weight excluding hydrogens is 456 g/mol. The molecule has 5 atom stereocenters. The van der Waals surface area contributed by atoms with Crippen LogP contribution < -0.4 is 15.4 Å². The number of fused-ring (bicyclic) bond motifs is 1. The standard InChI is InChI=1S/C29H30N2O3S/c1-16-6-3-8-18(14-16)24-20-12-13-23(32)26(33)27(20)34-29-21(24)10-5-11-22(29)25(30-28(35)31-29)19-9-4-7-17(2)15-19/h3-4,6-9,12-15,21-22,24-25,32-33H,5,10-11H2,1-2H3,(H2,30,31,35)/t21-,22-,24+,25+,29+/m1/s1. The number of nitrogens with one attached hydrogen (secondary N) is 2. The summed E-state index contributed by atoms with van der Waals surface area (Å²) >= 11 is 5.77. The first kappa shape index (κ1) is 22.2. The SMILES string of the molecule is Cc1cccc([C@H]2c3ccc(O)c(O)c3O[C@]34NC(=S)N[C@@H](c5cccc(C)c5)[C@H]3CCC[C@H]24)c1. The fraction of sp³-hybridized carbons (Fsp3) is 0.345. The molecule has 4 N–H and O–H groups in total. The van der Waals surface area contributed by atoms with Crippen LogP contribution in [0.25, 0.3) is 0 Å². The first-order valence-corrected chi connectivity index (χ1v) is 12.7. The van der Waals surface area contributed by atoms with Gasteiger partial charge in [0.05, 0.1) is 6.04 Å². The molecule has 180 valence electrons. The number of aromatic hydroxyl groups is 2. The predicted molar refractivity (Wildman–Crippen MR) is 140 cm³/mol. The van der Waals surface area contributed by atoms with Gasteiger partial charge in [0.25, 0.3) is 0 Å². The van der Waals surface area contributed by atoms with Gasteiger partial charge in [0.15, 0.2) is 22.3 Å². The first-order chi connectivity index (χ1) is 16.9. The Morgan fingerprint density at radius 2 is 1.60 bits per heavy atom. The molecule has 1 saturated heterocycles. The van der Waals surface area contributed by atoms with E-state index in [1.807, 2.05) is 6.07 Å². The van der Waals surface area contributed by atoms with Gasteiger partial charge >= 0.3 is 0 Å². The number of benzene rings is 3. The van der Waals surface area contributed by atoms with Crippen molar-refractivity contribution in [3.63, 3.8) is 0 Å². The molecule has 3 aliphatic rings. The van der Waals surface area contributed by atoms with E-state index in [-0.39, 0.29) is 35.3 Å². The fourth-order valence-electron chi connectivity index (χ4n) is 6.68. The second kappa shape index (κ2) is 8.16. The summed E-state index contributed by atoms with van der Waals surface area (Å²) in [7, 11) is 0. The van der Waals surface area contributed by atoms with E-state index in [0.29, 0.717) is 10.9 Å². The van der Waals surface area contributed by atoms with Crippen LogP contribution in [0.5, 0.6) is 17.2 Å². The van der Waals surface area contributed by atoms with E-state index in [2.05, 4.69) is 73.0 Å². The number of hydrogen-bond acceptors (Lipinski definition) is 4. The average Bonchev–Trinajstić information content (AvgIpc) is 2.83. The maximum Gasteiger partial charge on any atom is 0.200 e. The summed E-state index contributed by atoms with van der Waals surface area (Å²) in [6, 6.07) is 20.5. The van der Waals surface area contributed by atoms with Crippen molar-refractivity contribution in [2.75, 3.05) is 0 Å². The molecule has 6 rings (SSSR count). The number of aryl methyl sites for hydroxylation is 2. The first-order valence-electron chi connectivity index (χ1n) is 12.3. The molecule has 6 heteroatoms. The van der Waals surface area contributed by atoms with Crippen molar-refractivity contribution in [3.8, 4) is 17.2 Å². The normalized spacial score (nSPS) is 29.0. The van der Waals surface area contributed by atoms with Gasteiger partial charge in [-0.15, -0.1) is 0 Å². The maximum absolute atomic E-state index is 11.0. The minimum absolute atomic E-state index is 0.0143. The van der Waals surface area contributed by atoms with Gasteiger partial charge in [-0.2, -0.15) is 0 Å². The number of ether oxygens (including phenoxy) is 1. The zero-order chi connectivity index (χ0) is 24.3. The highest BCUT2D eigenvalue weighted by molar-refractivity contribution is 7.80. The third-order valence-electron chi connectivity index (χ3n) is 8.08. The van der Waals surface area contributed by atoms with Crippen LogP contribution in [0.3, 0.4) is 0 Å². The summed E-state index contributed by atoms with van der Waals surface area (Å²) < 4.78 is 6.82. The molecule has 2 heterocycles. The third-order valence-corrected chi connectivity index (χ3v) is 8.30.